The van der Waals surface area contributed by atoms with E-state index in [1.54, 1.807) is 0 Å². The minimum atomic E-state index is -5.66. The highest BCUT2D eigenvalue weighted by Gasteiger charge is 2.46. The van der Waals surface area contributed by atoms with Crippen LogP contribution < -0.4 is 4.72 Å². The van der Waals surface area contributed by atoms with Gasteiger partial charge >= 0.3 is 15.5 Å². The van der Waals surface area contributed by atoms with E-state index < -0.39 is 51.4 Å². The van der Waals surface area contributed by atoms with Crippen LogP contribution in [-0.4, -0.2) is 34.7 Å². The normalized spacial score (nSPS) is 14.0. The van der Waals surface area contributed by atoms with Crippen molar-refractivity contribution in [2.45, 2.75) is 33.3 Å². The lowest BCUT2D eigenvalue weighted by Crippen LogP contribution is -2.37. The molecular weight excluding hydrogens is 624 g/mol. The zero-order valence-corrected chi connectivity index (χ0v) is 23.5. The van der Waals surface area contributed by atoms with Crippen LogP contribution in [-0.2, 0) is 29.9 Å². The van der Waals surface area contributed by atoms with Crippen LogP contribution in [0.25, 0.3) is 10.9 Å². The SMILES string of the molecule is CC(NS(=O)(=O)C(F)(F)F)c1ccc(S(=O)(=O)c2cc3cc(Cl)ccc3n2S(=O)(=O)c2ccccc2Cl)cc1. The van der Waals surface area contributed by atoms with Gasteiger partial charge in [0.05, 0.1) is 15.4 Å². The Bertz CT molecular complexity index is 1910. The van der Waals surface area contributed by atoms with E-state index in [1.165, 1.54) is 47.2 Å². The van der Waals surface area contributed by atoms with Crippen LogP contribution >= 0.6 is 23.2 Å². The summed E-state index contributed by atoms with van der Waals surface area (Å²) in [5.74, 6) is 0. The second-order valence-corrected chi connectivity index (χ2v) is 14.4. The fourth-order valence-electron chi connectivity index (χ4n) is 3.75. The van der Waals surface area contributed by atoms with Gasteiger partial charge < -0.3 is 0 Å². The lowest BCUT2D eigenvalue weighted by molar-refractivity contribution is -0.0450. The maximum Gasteiger partial charge on any atom is 0.511 e. The molecule has 0 spiro atoms. The molecule has 0 saturated carbocycles. The van der Waals surface area contributed by atoms with Gasteiger partial charge in [0, 0.05) is 16.5 Å². The number of nitrogens with zero attached hydrogens (tertiary/aromatic N) is 1. The molecule has 0 aliphatic carbocycles. The first-order valence-corrected chi connectivity index (χ1v) is 15.9. The highest BCUT2D eigenvalue weighted by Crippen LogP contribution is 2.35. The first kappa shape index (κ1) is 29.4. The van der Waals surface area contributed by atoms with E-state index in [0.29, 0.717) is 3.97 Å². The van der Waals surface area contributed by atoms with E-state index in [9.17, 15) is 38.4 Å². The van der Waals surface area contributed by atoms with Crippen LogP contribution in [0.3, 0.4) is 0 Å². The number of nitrogens with one attached hydrogen (secondary N) is 1. The van der Waals surface area contributed by atoms with Crippen LogP contribution in [0.2, 0.25) is 10.0 Å². The Balaban J connectivity index is 1.84. The number of fused-ring (bicyclic) bond motifs is 1. The van der Waals surface area contributed by atoms with Gasteiger partial charge in [-0.1, -0.05) is 47.5 Å². The molecule has 0 aliphatic heterocycles. The molecule has 0 aliphatic rings. The molecule has 0 bridgehead atoms. The standard InChI is InChI=1S/C23H17Cl2F3N2O6S3/c1-14(29-39(35,36)23(26,27)28)15-6-9-18(10-7-15)37(31,32)22-13-16-12-17(24)8-11-20(16)30(22)38(33,34)21-5-3-2-4-19(21)25/h2-14,29H,1H3. The van der Waals surface area contributed by atoms with Gasteiger partial charge in [-0.3, -0.25) is 0 Å². The molecule has 1 aromatic heterocycles. The average molecular weight is 641 g/mol. The van der Waals surface area contributed by atoms with Gasteiger partial charge in [0.2, 0.25) is 9.84 Å². The molecule has 0 saturated heterocycles. The fourth-order valence-corrected chi connectivity index (χ4v) is 8.49. The Morgan fingerprint density at radius 3 is 2.05 bits per heavy atom. The Morgan fingerprint density at radius 2 is 1.46 bits per heavy atom. The number of aromatic nitrogens is 1. The second kappa shape index (κ2) is 10.1. The van der Waals surface area contributed by atoms with E-state index in [2.05, 4.69) is 0 Å². The minimum absolute atomic E-state index is 0.00435. The van der Waals surface area contributed by atoms with E-state index >= 15 is 0 Å². The van der Waals surface area contributed by atoms with Crippen molar-refractivity contribution >= 4 is 64.0 Å². The van der Waals surface area contributed by atoms with Crippen molar-refractivity contribution in [1.29, 1.82) is 0 Å². The summed E-state index contributed by atoms with van der Waals surface area (Å²) in [6, 6.07) is 13.6. The van der Waals surface area contributed by atoms with Gasteiger partial charge in [-0.05, 0) is 61.0 Å². The summed E-state index contributed by atoms with van der Waals surface area (Å²) in [6.45, 7) is 1.14. The number of halogens is 5. The molecule has 1 N–H and O–H groups in total. The summed E-state index contributed by atoms with van der Waals surface area (Å²) in [6.07, 6.45) is 0. The molecule has 3 aromatic carbocycles. The molecule has 0 radical (unpaired) electrons. The molecular formula is C23H17Cl2F3N2O6S3. The largest absolute Gasteiger partial charge is 0.511 e. The molecule has 0 fully saturated rings. The number of alkyl halides is 3. The Kier molecular flexibility index (Phi) is 7.60. The Hall–Kier alpha value is -2.62. The lowest BCUT2D eigenvalue weighted by atomic mass is 10.1. The summed E-state index contributed by atoms with van der Waals surface area (Å²) >= 11 is 12.2. The van der Waals surface area contributed by atoms with Crippen LogP contribution in [0, 0.1) is 0 Å². The number of rotatable bonds is 7. The molecule has 4 rings (SSSR count). The molecule has 1 unspecified atom stereocenters. The predicted molar refractivity (Wildman–Crippen MR) is 139 cm³/mol. The highest BCUT2D eigenvalue weighted by molar-refractivity contribution is 7.94. The number of hydrogen-bond acceptors (Lipinski definition) is 6. The third-order valence-electron chi connectivity index (χ3n) is 5.64. The summed E-state index contributed by atoms with van der Waals surface area (Å²) in [5.41, 5.74) is -5.50. The van der Waals surface area contributed by atoms with Crippen LogP contribution in [0.1, 0.15) is 18.5 Å². The smallest absolute Gasteiger partial charge is 0.222 e. The zero-order chi connectivity index (χ0) is 29.0. The van der Waals surface area contributed by atoms with Crippen molar-refractivity contribution in [2.75, 3.05) is 0 Å². The van der Waals surface area contributed by atoms with Gasteiger partial charge in [-0.2, -0.15) is 13.2 Å². The molecule has 0 amide bonds. The lowest BCUT2D eigenvalue weighted by Gasteiger charge is -2.17. The number of hydrogen-bond donors (Lipinski definition) is 1. The summed E-state index contributed by atoms with van der Waals surface area (Å²) in [4.78, 5) is -0.752. The quantitative estimate of drug-likeness (QED) is 0.284. The Morgan fingerprint density at radius 1 is 0.846 bits per heavy atom. The summed E-state index contributed by atoms with van der Waals surface area (Å²) in [5, 5.41) is -0.364. The van der Waals surface area contributed by atoms with Gasteiger partial charge in [0.1, 0.15) is 4.90 Å². The fraction of sp³-hybridized carbons (Fsp3) is 0.130. The molecule has 1 atom stereocenters. The summed E-state index contributed by atoms with van der Waals surface area (Å²) < 4.78 is 118. The van der Waals surface area contributed by atoms with E-state index in [0.717, 1.165) is 37.3 Å². The van der Waals surface area contributed by atoms with Crippen molar-refractivity contribution in [3.63, 3.8) is 0 Å². The van der Waals surface area contributed by atoms with Crippen molar-refractivity contribution in [3.05, 3.63) is 88.4 Å². The second-order valence-electron chi connectivity index (χ2n) is 8.25. The zero-order valence-electron chi connectivity index (χ0n) is 19.5. The summed E-state index contributed by atoms with van der Waals surface area (Å²) in [7, 11) is -14.8. The third kappa shape index (κ3) is 5.41. The van der Waals surface area contributed by atoms with Crippen molar-refractivity contribution in [2.24, 2.45) is 0 Å². The first-order valence-electron chi connectivity index (χ1n) is 10.7. The number of benzene rings is 3. The molecule has 4 aromatic rings. The predicted octanol–water partition coefficient (Wildman–Crippen LogP) is 5.52. The van der Waals surface area contributed by atoms with E-state index in [1.807, 2.05) is 0 Å². The molecule has 39 heavy (non-hydrogen) atoms. The third-order valence-corrected chi connectivity index (χ3v) is 11.2. The maximum absolute atomic E-state index is 13.7. The maximum atomic E-state index is 13.7. The van der Waals surface area contributed by atoms with Crippen LogP contribution in [0.4, 0.5) is 13.2 Å². The van der Waals surface area contributed by atoms with Gasteiger partial charge in [0.25, 0.3) is 10.0 Å². The molecule has 8 nitrogen and oxygen atoms in total. The molecule has 16 heteroatoms. The van der Waals surface area contributed by atoms with E-state index in [-0.39, 0.29) is 31.4 Å². The van der Waals surface area contributed by atoms with Crippen molar-refractivity contribution < 1.29 is 38.4 Å². The highest BCUT2D eigenvalue weighted by atomic mass is 35.5. The van der Waals surface area contributed by atoms with Crippen molar-refractivity contribution in [1.82, 2.24) is 8.69 Å². The first-order chi connectivity index (χ1) is 18.0. The van der Waals surface area contributed by atoms with Gasteiger partial charge in [0.15, 0.2) is 5.03 Å². The average Bonchev–Trinajstić information content (AvgIpc) is 3.23. The monoisotopic (exact) mass is 640 g/mol. The topological polar surface area (TPSA) is 119 Å². The van der Waals surface area contributed by atoms with Gasteiger partial charge in [-0.25, -0.2) is 33.9 Å². The Labute approximate surface area is 232 Å². The van der Waals surface area contributed by atoms with E-state index in [4.69, 9.17) is 23.2 Å². The molecule has 1 heterocycles. The molecule has 208 valence electrons. The van der Waals surface area contributed by atoms with Gasteiger partial charge in [-0.15, -0.1) is 0 Å². The van der Waals surface area contributed by atoms with Crippen LogP contribution in [0.15, 0.2) is 87.6 Å². The van der Waals surface area contributed by atoms with Crippen molar-refractivity contribution in [3.8, 4) is 0 Å². The minimum Gasteiger partial charge on any atom is -0.222 e. The number of sulfone groups is 1. The number of sulfonamides is 1. The van der Waals surface area contributed by atoms with Crippen LogP contribution in [0.5, 0.6) is 0 Å².